The van der Waals surface area contributed by atoms with Gasteiger partial charge in [0.25, 0.3) is 0 Å². The molecule has 0 spiro atoms. The van der Waals surface area contributed by atoms with Gasteiger partial charge in [-0.05, 0) is 30.5 Å². The lowest BCUT2D eigenvalue weighted by Gasteiger charge is -2.23. The maximum absolute atomic E-state index is 11.6. The van der Waals surface area contributed by atoms with Crippen molar-refractivity contribution in [3.63, 3.8) is 0 Å². The van der Waals surface area contributed by atoms with E-state index >= 15 is 0 Å². The van der Waals surface area contributed by atoms with Gasteiger partial charge in [-0.25, -0.2) is 0 Å². The van der Waals surface area contributed by atoms with Crippen LogP contribution < -0.4 is 0 Å². The molecule has 0 amide bonds. The lowest BCUT2D eigenvalue weighted by atomic mass is 9.80. The molecule has 1 fully saturated rings. The van der Waals surface area contributed by atoms with Gasteiger partial charge in [0, 0.05) is 11.3 Å². The van der Waals surface area contributed by atoms with E-state index in [1.54, 1.807) is 18.7 Å². The van der Waals surface area contributed by atoms with Gasteiger partial charge in [-0.3, -0.25) is 9.59 Å². The number of carbonyl (C=O) groups is 2. The fourth-order valence-electron chi connectivity index (χ4n) is 2.18. The summed E-state index contributed by atoms with van der Waals surface area (Å²) in [7, 11) is 0. The minimum Gasteiger partial charge on any atom is -0.481 e. The van der Waals surface area contributed by atoms with Gasteiger partial charge in [-0.1, -0.05) is 31.2 Å². The zero-order valence-corrected chi connectivity index (χ0v) is 12.5. The summed E-state index contributed by atoms with van der Waals surface area (Å²) in [6, 6.07) is 7.46. The van der Waals surface area contributed by atoms with E-state index in [1.807, 2.05) is 37.3 Å². The molecule has 1 heterocycles. The number of carboxylic acids is 1. The van der Waals surface area contributed by atoms with Crippen molar-refractivity contribution in [2.75, 3.05) is 11.5 Å². The van der Waals surface area contributed by atoms with Crippen LogP contribution in [0.4, 0.5) is 0 Å². The molecule has 0 aromatic heterocycles. The predicted molar refractivity (Wildman–Crippen MR) is 82.0 cm³/mol. The van der Waals surface area contributed by atoms with Crippen LogP contribution in [0.15, 0.2) is 29.8 Å². The van der Waals surface area contributed by atoms with E-state index in [4.69, 9.17) is 0 Å². The number of Topliss-reactive ketones (excluding diaryl/α,β-unsaturated/α-hetero) is 1. The third-order valence-corrected chi connectivity index (χ3v) is 4.90. The van der Waals surface area contributed by atoms with Crippen LogP contribution in [-0.4, -0.2) is 28.4 Å². The van der Waals surface area contributed by atoms with Crippen molar-refractivity contribution in [3.05, 3.63) is 41.0 Å². The Hall–Kier alpha value is -1.55. The average molecular weight is 290 g/mol. The monoisotopic (exact) mass is 290 g/mol. The molecule has 1 saturated heterocycles. The maximum Gasteiger partial charge on any atom is 0.313 e. The van der Waals surface area contributed by atoms with Crippen molar-refractivity contribution in [3.8, 4) is 0 Å². The van der Waals surface area contributed by atoms with Crippen molar-refractivity contribution in [1.29, 1.82) is 0 Å². The first-order chi connectivity index (χ1) is 9.47. The first kappa shape index (κ1) is 14.9. The number of carboxylic acid groups (broad SMARTS) is 1. The summed E-state index contributed by atoms with van der Waals surface area (Å²) in [6.45, 7) is 3.61. The van der Waals surface area contributed by atoms with Gasteiger partial charge in [-0.2, -0.15) is 0 Å². The SMILES string of the molecule is CCC(C)(C(=O)O)c1ccc(C=C2CSCC2=O)cc1. The molecule has 0 bridgehead atoms. The summed E-state index contributed by atoms with van der Waals surface area (Å²) in [4.78, 5) is 23.0. The summed E-state index contributed by atoms with van der Waals surface area (Å²) >= 11 is 1.63. The van der Waals surface area contributed by atoms with E-state index in [1.165, 1.54) is 0 Å². The molecule has 1 aromatic rings. The van der Waals surface area contributed by atoms with E-state index < -0.39 is 11.4 Å². The van der Waals surface area contributed by atoms with Crippen molar-refractivity contribution < 1.29 is 14.7 Å². The predicted octanol–water partition coefficient (Wildman–Crippen LogP) is 3.14. The van der Waals surface area contributed by atoms with Crippen molar-refractivity contribution in [2.45, 2.75) is 25.7 Å². The van der Waals surface area contributed by atoms with Gasteiger partial charge < -0.3 is 5.11 Å². The molecular weight excluding hydrogens is 272 g/mol. The van der Waals surface area contributed by atoms with Crippen molar-refractivity contribution in [2.24, 2.45) is 0 Å². The lowest BCUT2D eigenvalue weighted by Crippen LogP contribution is -2.31. The highest BCUT2D eigenvalue weighted by Gasteiger charge is 2.32. The highest BCUT2D eigenvalue weighted by atomic mass is 32.2. The Bertz CT molecular complexity index is 560. The Morgan fingerprint density at radius 1 is 1.35 bits per heavy atom. The number of ketones is 1. The molecule has 1 unspecified atom stereocenters. The minimum atomic E-state index is -0.856. The Labute approximate surface area is 123 Å². The number of rotatable bonds is 4. The zero-order valence-electron chi connectivity index (χ0n) is 11.7. The van der Waals surface area contributed by atoms with Crippen LogP contribution >= 0.6 is 11.8 Å². The zero-order chi connectivity index (χ0) is 14.8. The molecule has 1 aliphatic rings. The Balaban J connectivity index is 2.26. The molecule has 0 saturated carbocycles. The Morgan fingerprint density at radius 2 is 2.00 bits per heavy atom. The largest absolute Gasteiger partial charge is 0.481 e. The molecular formula is C16H18O3S. The third-order valence-electron chi connectivity index (χ3n) is 3.92. The third kappa shape index (κ3) is 2.80. The van der Waals surface area contributed by atoms with Gasteiger partial charge in [0.1, 0.15) is 0 Å². The van der Waals surface area contributed by atoms with E-state index in [-0.39, 0.29) is 5.78 Å². The molecule has 4 heteroatoms. The number of aliphatic carboxylic acids is 1. The molecule has 0 radical (unpaired) electrons. The highest BCUT2D eigenvalue weighted by Crippen LogP contribution is 2.29. The number of hydrogen-bond donors (Lipinski definition) is 1. The standard InChI is InChI=1S/C16H18O3S/c1-3-16(2,15(18)19)13-6-4-11(5-7-13)8-12-9-20-10-14(12)17/h4-8H,3,9-10H2,1-2H3,(H,18,19). The second-order valence-corrected chi connectivity index (χ2v) is 6.18. The van der Waals surface area contributed by atoms with Gasteiger partial charge in [-0.15, -0.1) is 11.8 Å². The van der Waals surface area contributed by atoms with Gasteiger partial charge in [0.2, 0.25) is 0 Å². The summed E-state index contributed by atoms with van der Waals surface area (Å²) in [6.07, 6.45) is 2.44. The minimum absolute atomic E-state index is 0.197. The fourth-order valence-corrected chi connectivity index (χ4v) is 3.11. The van der Waals surface area contributed by atoms with Crippen LogP contribution in [0.25, 0.3) is 6.08 Å². The number of hydrogen-bond acceptors (Lipinski definition) is 3. The molecule has 3 nitrogen and oxygen atoms in total. The van der Waals surface area contributed by atoms with E-state index in [0.717, 1.165) is 22.5 Å². The van der Waals surface area contributed by atoms with E-state index in [2.05, 4.69) is 0 Å². The Morgan fingerprint density at radius 3 is 2.45 bits per heavy atom. The fraction of sp³-hybridized carbons (Fsp3) is 0.375. The summed E-state index contributed by atoms with van der Waals surface area (Å²) in [5, 5.41) is 9.36. The van der Waals surface area contributed by atoms with E-state index in [9.17, 15) is 14.7 Å². The molecule has 1 atom stereocenters. The van der Waals surface area contributed by atoms with Crippen molar-refractivity contribution >= 4 is 29.6 Å². The molecule has 2 rings (SSSR count). The Kier molecular flexibility index (Phi) is 4.33. The first-order valence-electron chi connectivity index (χ1n) is 6.63. The highest BCUT2D eigenvalue weighted by molar-refractivity contribution is 8.00. The normalized spacial score (nSPS) is 20.1. The second-order valence-electron chi connectivity index (χ2n) is 5.20. The van der Waals surface area contributed by atoms with Crippen LogP contribution in [0.1, 0.15) is 31.4 Å². The second kappa shape index (κ2) is 5.83. The lowest BCUT2D eigenvalue weighted by molar-refractivity contribution is -0.143. The molecule has 1 N–H and O–H groups in total. The van der Waals surface area contributed by atoms with Gasteiger partial charge >= 0.3 is 5.97 Å². The van der Waals surface area contributed by atoms with Crippen molar-refractivity contribution in [1.82, 2.24) is 0 Å². The first-order valence-corrected chi connectivity index (χ1v) is 7.78. The summed E-state index contributed by atoms with van der Waals surface area (Å²) < 4.78 is 0. The van der Waals surface area contributed by atoms with Crippen LogP contribution in [0.5, 0.6) is 0 Å². The van der Waals surface area contributed by atoms with Gasteiger partial charge in [0.15, 0.2) is 5.78 Å². The smallest absolute Gasteiger partial charge is 0.313 e. The quantitative estimate of drug-likeness (QED) is 0.866. The molecule has 106 valence electrons. The topological polar surface area (TPSA) is 54.4 Å². The van der Waals surface area contributed by atoms with Gasteiger partial charge in [0.05, 0.1) is 11.2 Å². The number of benzene rings is 1. The van der Waals surface area contributed by atoms with Crippen LogP contribution in [-0.2, 0) is 15.0 Å². The van der Waals surface area contributed by atoms with Crippen LogP contribution in [0, 0.1) is 0 Å². The molecule has 1 aliphatic heterocycles. The average Bonchev–Trinajstić information content (AvgIpc) is 2.84. The molecule has 0 aliphatic carbocycles. The van der Waals surface area contributed by atoms with Crippen LogP contribution in [0.2, 0.25) is 0 Å². The number of thioether (sulfide) groups is 1. The molecule has 1 aromatic carbocycles. The van der Waals surface area contributed by atoms with E-state index in [0.29, 0.717) is 12.2 Å². The maximum atomic E-state index is 11.6. The summed E-state index contributed by atoms with van der Waals surface area (Å²) in [5.41, 5.74) is 1.73. The molecule has 20 heavy (non-hydrogen) atoms. The number of carbonyl (C=O) groups excluding carboxylic acids is 1. The summed E-state index contributed by atoms with van der Waals surface area (Å²) in [5.74, 6) is 0.718. The van der Waals surface area contributed by atoms with Crippen LogP contribution in [0.3, 0.4) is 0 Å².